The second-order valence-electron chi connectivity index (χ2n) is 6.92. The van der Waals surface area contributed by atoms with Crippen LogP contribution < -0.4 is 10.1 Å². The summed E-state index contributed by atoms with van der Waals surface area (Å²) in [6, 6.07) is 13.4. The summed E-state index contributed by atoms with van der Waals surface area (Å²) in [5.74, 6) is 1.23. The van der Waals surface area contributed by atoms with Crippen molar-refractivity contribution in [1.82, 2.24) is 14.8 Å². The summed E-state index contributed by atoms with van der Waals surface area (Å²) in [6.45, 7) is 1.95. The van der Waals surface area contributed by atoms with Crippen LogP contribution in [0.3, 0.4) is 0 Å². The number of nitrogens with one attached hydrogen (secondary N) is 1. The van der Waals surface area contributed by atoms with Crippen LogP contribution in [0.4, 0.5) is 5.82 Å². The maximum absolute atomic E-state index is 12.5. The van der Waals surface area contributed by atoms with E-state index in [1.807, 2.05) is 49.4 Å². The molecule has 0 spiro atoms. The number of ether oxygens (including phenoxy) is 1. The Kier molecular flexibility index (Phi) is 4.29. The first-order valence-electron chi connectivity index (χ1n) is 9.14. The normalized spacial score (nSPS) is 16.0. The number of carbonyl (C=O) groups excluding carboxylic acids is 1. The Morgan fingerprint density at radius 1 is 1.28 bits per heavy atom. The number of methoxy groups -OCH3 is 1. The molecule has 0 fully saturated rings. The zero-order valence-corrected chi connectivity index (χ0v) is 17.3. The molecule has 0 saturated carbocycles. The quantitative estimate of drug-likeness (QED) is 0.506. The molecule has 0 saturated heterocycles. The van der Waals surface area contributed by atoms with Gasteiger partial charge in [-0.3, -0.25) is 4.79 Å². The van der Waals surface area contributed by atoms with Crippen LogP contribution >= 0.6 is 22.9 Å². The Hall–Kier alpha value is -2.90. The Balaban J connectivity index is 1.67. The van der Waals surface area contributed by atoms with Crippen molar-refractivity contribution in [3.8, 4) is 10.9 Å². The second kappa shape index (κ2) is 6.86. The predicted octanol–water partition coefficient (Wildman–Crippen LogP) is 4.93. The van der Waals surface area contributed by atoms with Crippen LogP contribution in [0.1, 0.15) is 29.2 Å². The number of thiazole rings is 1. The number of hydrogen-bond acceptors (Lipinski definition) is 5. The summed E-state index contributed by atoms with van der Waals surface area (Å²) in [4.78, 5) is 17.2. The van der Waals surface area contributed by atoms with E-state index >= 15 is 0 Å². The Morgan fingerprint density at radius 3 is 2.90 bits per heavy atom. The molecule has 1 N–H and O–H groups in total. The maximum Gasteiger partial charge on any atom is 0.226 e. The first-order chi connectivity index (χ1) is 14.0. The van der Waals surface area contributed by atoms with Crippen molar-refractivity contribution in [1.29, 1.82) is 0 Å². The summed E-state index contributed by atoms with van der Waals surface area (Å²) in [6.07, 6.45) is 0.334. The lowest BCUT2D eigenvalue weighted by atomic mass is 9.86. The molecule has 2 aromatic heterocycles. The lowest BCUT2D eigenvalue weighted by Gasteiger charge is -2.24. The maximum atomic E-state index is 12.5. The number of carbonyl (C=O) groups is 1. The van der Waals surface area contributed by atoms with E-state index < -0.39 is 0 Å². The number of nitrogens with zero attached hydrogens (tertiary/aromatic N) is 3. The predicted molar refractivity (Wildman–Crippen MR) is 115 cm³/mol. The molecule has 29 heavy (non-hydrogen) atoms. The zero-order valence-electron chi connectivity index (χ0n) is 15.8. The molecular weight excluding hydrogens is 408 g/mol. The Labute approximate surface area is 176 Å². The van der Waals surface area contributed by atoms with Crippen LogP contribution in [0.5, 0.6) is 5.75 Å². The third-order valence-electron chi connectivity index (χ3n) is 5.15. The highest BCUT2D eigenvalue weighted by molar-refractivity contribution is 7.20. The van der Waals surface area contributed by atoms with Gasteiger partial charge in [0.25, 0.3) is 0 Å². The number of aromatic nitrogens is 3. The highest BCUT2D eigenvalue weighted by atomic mass is 35.5. The third-order valence-corrected chi connectivity index (χ3v) is 6.49. The van der Waals surface area contributed by atoms with Gasteiger partial charge in [0, 0.05) is 22.9 Å². The van der Waals surface area contributed by atoms with Gasteiger partial charge in [-0.1, -0.05) is 41.1 Å². The molecule has 5 rings (SSSR count). The lowest BCUT2D eigenvalue weighted by molar-refractivity contribution is -0.116. The van der Waals surface area contributed by atoms with Crippen LogP contribution in [0.25, 0.3) is 15.3 Å². The number of benzene rings is 2. The van der Waals surface area contributed by atoms with Crippen LogP contribution in [-0.2, 0) is 4.79 Å². The molecule has 1 atom stereocenters. The number of halogens is 1. The number of aryl methyl sites for hydroxylation is 1. The molecule has 0 radical (unpaired) electrons. The Bertz CT molecular complexity index is 1260. The minimum Gasteiger partial charge on any atom is -0.497 e. The van der Waals surface area contributed by atoms with Crippen molar-refractivity contribution in [2.24, 2.45) is 0 Å². The van der Waals surface area contributed by atoms with E-state index in [9.17, 15) is 4.79 Å². The molecular formula is C21H17ClN4O2S. The molecule has 0 aliphatic carbocycles. The van der Waals surface area contributed by atoms with Gasteiger partial charge in [-0.25, -0.2) is 4.98 Å². The minimum atomic E-state index is -0.143. The largest absolute Gasteiger partial charge is 0.497 e. The van der Waals surface area contributed by atoms with E-state index in [1.54, 1.807) is 11.8 Å². The van der Waals surface area contributed by atoms with Crippen LogP contribution in [-0.4, -0.2) is 27.8 Å². The van der Waals surface area contributed by atoms with Crippen LogP contribution in [0, 0.1) is 6.92 Å². The first-order valence-corrected chi connectivity index (χ1v) is 10.3. The summed E-state index contributed by atoms with van der Waals surface area (Å²) in [5, 5.41) is 9.05. The van der Waals surface area contributed by atoms with Crippen molar-refractivity contribution < 1.29 is 9.53 Å². The fourth-order valence-corrected chi connectivity index (χ4v) is 5.04. The van der Waals surface area contributed by atoms with E-state index in [-0.39, 0.29) is 11.8 Å². The summed E-state index contributed by atoms with van der Waals surface area (Å²) in [7, 11) is 1.64. The van der Waals surface area contributed by atoms with Crippen molar-refractivity contribution >= 4 is 44.9 Å². The summed E-state index contributed by atoms with van der Waals surface area (Å²) in [5.41, 5.74) is 3.62. The average molecular weight is 425 g/mol. The van der Waals surface area contributed by atoms with E-state index in [4.69, 9.17) is 26.4 Å². The molecule has 6 nitrogen and oxygen atoms in total. The molecule has 146 valence electrons. The second-order valence-corrected chi connectivity index (χ2v) is 8.33. The highest BCUT2D eigenvalue weighted by Crippen LogP contribution is 2.43. The van der Waals surface area contributed by atoms with Gasteiger partial charge < -0.3 is 10.1 Å². The number of anilines is 1. The molecule has 0 bridgehead atoms. The number of fused-ring (bicyclic) bond motifs is 2. The highest BCUT2D eigenvalue weighted by Gasteiger charge is 2.34. The monoisotopic (exact) mass is 424 g/mol. The topological polar surface area (TPSA) is 69.0 Å². The van der Waals surface area contributed by atoms with Crippen molar-refractivity contribution in [2.75, 3.05) is 12.4 Å². The lowest BCUT2D eigenvalue weighted by Crippen LogP contribution is -2.25. The number of rotatable bonds is 3. The van der Waals surface area contributed by atoms with Crippen molar-refractivity contribution in [3.63, 3.8) is 0 Å². The van der Waals surface area contributed by atoms with E-state index in [2.05, 4.69) is 5.32 Å². The van der Waals surface area contributed by atoms with Gasteiger partial charge in [-0.2, -0.15) is 9.78 Å². The number of hydrogen-bond donors (Lipinski definition) is 1. The summed E-state index contributed by atoms with van der Waals surface area (Å²) >= 11 is 7.95. The van der Waals surface area contributed by atoms with Gasteiger partial charge in [0.05, 0.1) is 23.0 Å². The molecule has 8 heteroatoms. The fourth-order valence-electron chi connectivity index (χ4n) is 3.82. The van der Waals surface area contributed by atoms with Crippen LogP contribution in [0.2, 0.25) is 5.02 Å². The van der Waals surface area contributed by atoms with Crippen molar-refractivity contribution in [2.45, 2.75) is 19.3 Å². The molecule has 1 aliphatic heterocycles. The summed E-state index contributed by atoms with van der Waals surface area (Å²) < 4.78 is 8.02. The van der Waals surface area contributed by atoms with E-state index in [0.29, 0.717) is 22.4 Å². The smallest absolute Gasteiger partial charge is 0.226 e. The van der Waals surface area contributed by atoms with E-state index in [1.165, 1.54) is 11.3 Å². The molecule has 0 unspecified atom stereocenters. The van der Waals surface area contributed by atoms with E-state index in [0.717, 1.165) is 32.8 Å². The van der Waals surface area contributed by atoms with Gasteiger partial charge in [0.1, 0.15) is 11.6 Å². The SMILES string of the molecule is COc1ccc2nc(-n3nc(C)c4c3NC(=O)C[C@H]4c3ccccc3Cl)sc2c1. The van der Waals surface area contributed by atoms with Crippen LogP contribution in [0.15, 0.2) is 42.5 Å². The zero-order chi connectivity index (χ0) is 20.1. The minimum absolute atomic E-state index is 0.0636. The van der Waals surface area contributed by atoms with Gasteiger partial charge in [0.15, 0.2) is 0 Å². The number of amides is 1. The van der Waals surface area contributed by atoms with Gasteiger partial charge in [-0.15, -0.1) is 0 Å². The Morgan fingerprint density at radius 2 is 2.10 bits per heavy atom. The molecule has 1 aliphatic rings. The molecule has 4 aromatic rings. The first kappa shape index (κ1) is 18.1. The van der Waals surface area contributed by atoms with Gasteiger partial charge in [0.2, 0.25) is 11.0 Å². The van der Waals surface area contributed by atoms with Crippen molar-refractivity contribution in [3.05, 3.63) is 64.3 Å². The molecule has 2 aromatic carbocycles. The molecule has 1 amide bonds. The fraction of sp³-hybridized carbons (Fsp3) is 0.190. The average Bonchev–Trinajstić information content (AvgIpc) is 3.28. The standard InChI is InChI=1S/C21H17ClN4O2S/c1-11-19-14(13-5-3-4-6-15(13)22)10-18(27)24-20(19)26(25-11)21-23-16-8-7-12(28-2)9-17(16)29-21/h3-9,14H,10H2,1-2H3,(H,24,27)/t14-/m0/s1. The third kappa shape index (κ3) is 2.97. The van der Waals surface area contributed by atoms with Gasteiger partial charge in [-0.05, 0) is 36.8 Å². The molecule has 3 heterocycles. The van der Waals surface area contributed by atoms with Gasteiger partial charge >= 0.3 is 0 Å².